The number of hydrogen-bond acceptors (Lipinski definition) is 7. The normalized spacial score (nSPS) is 13.1. The lowest BCUT2D eigenvalue weighted by atomic mass is 9.95. The Morgan fingerprint density at radius 2 is 1.58 bits per heavy atom. The van der Waals surface area contributed by atoms with E-state index < -0.39 is 12.1 Å². The molecule has 1 aromatic heterocycles. The van der Waals surface area contributed by atoms with Crippen LogP contribution in [0.4, 0.5) is 10.7 Å². The van der Waals surface area contributed by atoms with Gasteiger partial charge in [-0.05, 0) is 101 Å². The van der Waals surface area contributed by atoms with Crippen molar-refractivity contribution in [3.63, 3.8) is 0 Å². The van der Waals surface area contributed by atoms with E-state index in [1.54, 1.807) is 62.4 Å². The Hall–Kier alpha value is -3.85. The summed E-state index contributed by atoms with van der Waals surface area (Å²) in [6.07, 6.45) is 3.04. The van der Waals surface area contributed by atoms with E-state index in [2.05, 4.69) is 10.6 Å². The van der Waals surface area contributed by atoms with Crippen molar-refractivity contribution in [2.45, 2.75) is 52.6 Å². The third-order valence-electron chi connectivity index (χ3n) is 6.11. The molecule has 8 nitrogen and oxygen atoms in total. The number of amides is 2. The van der Waals surface area contributed by atoms with Gasteiger partial charge in [0, 0.05) is 16.1 Å². The average Bonchev–Trinajstić information content (AvgIpc) is 3.28. The average molecular weight is 537 g/mol. The van der Waals surface area contributed by atoms with Crippen molar-refractivity contribution in [2.24, 2.45) is 0 Å². The Morgan fingerprint density at radius 3 is 2.26 bits per heavy atom. The quantitative estimate of drug-likeness (QED) is 0.315. The van der Waals surface area contributed by atoms with Gasteiger partial charge in [-0.15, -0.1) is 11.3 Å². The van der Waals surface area contributed by atoms with Crippen molar-refractivity contribution < 1.29 is 28.6 Å². The maximum atomic E-state index is 13.0. The van der Waals surface area contributed by atoms with Crippen molar-refractivity contribution in [3.05, 3.63) is 70.1 Å². The van der Waals surface area contributed by atoms with E-state index >= 15 is 0 Å². The topological polar surface area (TPSA) is 103 Å². The van der Waals surface area contributed by atoms with Crippen LogP contribution in [0.25, 0.3) is 0 Å². The fourth-order valence-corrected chi connectivity index (χ4v) is 5.51. The number of carbonyl (C=O) groups is 3. The number of aryl methyl sites for hydroxylation is 1. The second-order valence-electron chi connectivity index (χ2n) is 8.82. The molecule has 0 radical (unpaired) electrons. The summed E-state index contributed by atoms with van der Waals surface area (Å²) in [7, 11) is 0. The van der Waals surface area contributed by atoms with Crippen molar-refractivity contribution in [2.75, 3.05) is 23.8 Å². The van der Waals surface area contributed by atoms with Gasteiger partial charge in [0.1, 0.15) is 16.5 Å². The first-order chi connectivity index (χ1) is 18.4. The molecule has 2 N–H and O–H groups in total. The number of rotatable bonds is 10. The number of fused-ring (bicyclic) bond motifs is 1. The third-order valence-corrected chi connectivity index (χ3v) is 7.32. The molecule has 38 heavy (non-hydrogen) atoms. The maximum Gasteiger partial charge on any atom is 0.341 e. The number of hydrogen-bond donors (Lipinski definition) is 2. The Bertz CT molecular complexity index is 1280. The fourth-order valence-electron chi connectivity index (χ4n) is 4.24. The molecule has 2 amide bonds. The molecule has 1 atom stereocenters. The molecular weight excluding hydrogens is 504 g/mol. The minimum absolute atomic E-state index is 0.273. The molecule has 1 heterocycles. The van der Waals surface area contributed by atoms with Crippen LogP contribution >= 0.6 is 11.3 Å². The van der Waals surface area contributed by atoms with Gasteiger partial charge in [0.05, 0.1) is 18.8 Å². The lowest BCUT2D eigenvalue weighted by Crippen LogP contribution is -2.30. The maximum absolute atomic E-state index is 13.0. The van der Waals surface area contributed by atoms with E-state index in [0.29, 0.717) is 34.2 Å². The highest BCUT2D eigenvalue weighted by Gasteiger charge is 2.27. The summed E-state index contributed by atoms with van der Waals surface area (Å²) in [5, 5.41) is 6.25. The van der Waals surface area contributed by atoms with Crippen LogP contribution in [0, 0.1) is 0 Å². The molecule has 0 spiro atoms. The second kappa shape index (κ2) is 12.6. The number of nitrogens with one attached hydrogen (secondary N) is 2. The molecule has 0 fully saturated rings. The van der Waals surface area contributed by atoms with Crippen LogP contribution in [0.1, 0.15) is 64.8 Å². The Morgan fingerprint density at radius 1 is 0.895 bits per heavy atom. The van der Waals surface area contributed by atoms with Gasteiger partial charge in [0.25, 0.3) is 11.8 Å². The van der Waals surface area contributed by atoms with Crippen LogP contribution in [-0.2, 0) is 22.4 Å². The van der Waals surface area contributed by atoms with Crippen LogP contribution in [0.3, 0.4) is 0 Å². The number of anilines is 2. The largest absolute Gasteiger partial charge is 0.494 e. The number of thiophene rings is 1. The summed E-state index contributed by atoms with van der Waals surface area (Å²) in [4.78, 5) is 39.3. The monoisotopic (exact) mass is 536 g/mol. The number of carbonyl (C=O) groups excluding carboxylic acids is 3. The lowest BCUT2D eigenvalue weighted by molar-refractivity contribution is -0.122. The highest BCUT2D eigenvalue weighted by molar-refractivity contribution is 7.17. The third kappa shape index (κ3) is 6.52. The van der Waals surface area contributed by atoms with E-state index in [1.165, 1.54) is 11.3 Å². The molecule has 0 saturated heterocycles. The van der Waals surface area contributed by atoms with Crippen molar-refractivity contribution in [1.82, 2.24) is 0 Å². The molecule has 0 saturated carbocycles. The zero-order valence-electron chi connectivity index (χ0n) is 21.8. The minimum Gasteiger partial charge on any atom is -0.494 e. The summed E-state index contributed by atoms with van der Waals surface area (Å²) in [5.41, 5.74) is 2.52. The predicted octanol–water partition coefficient (Wildman–Crippen LogP) is 5.86. The highest BCUT2D eigenvalue weighted by atomic mass is 32.1. The van der Waals surface area contributed by atoms with E-state index in [0.717, 1.165) is 41.9 Å². The van der Waals surface area contributed by atoms with Gasteiger partial charge in [0.2, 0.25) is 0 Å². The van der Waals surface area contributed by atoms with Crippen molar-refractivity contribution in [1.29, 1.82) is 0 Å². The Kier molecular flexibility index (Phi) is 9.02. The molecule has 9 heteroatoms. The lowest BCUT2D eigenvalue weighted by Gasteiger charge is -2.15. The first kappa shape index (κ1) is 27.2. The van der Waals surface area contributed by atoms with E-state index in [-0.39, 0.29) is 18.4 Å². The van der Waals surface area contributed by atoms with Gasteiger partial charge < -0.3 is 24.8 Å². The van der Waals surface area contributed by atoms with Gasteiger partial charge in [0.15, 0.2) is 6.10 Å². The van der Waals surface area contributed by atoms with Crippen LogP contribution in [0.5, 0.6) is 11.5 Å². The van der Waals surface area contributed by atoms with Gasteiger partial charge in [-0.2, -0.15) is 0 Å². The number of ether oxygens (including phenoxy) is 3. The molecule has 3 aromatic rings. The molecule has 0 aliphatic heterocycles. The van der Waals surface area contributed by atoms with Gasteiger partial charge in [-0.3, -0.25) is 9.59 Å². The zero-order chi connectivity index (χ0) is 27.1. The molecule has 2 aromatic carbocycles. The Balaban J connectivity index is 1.38. The van der Waals surface area contributed by atoms with E-state index in [4.69, 9.17) is 14.2 Å². The van der Waals surface area contributed by atoms with Crippen LogP contribution in [0.2, 0.25) is 0 Å². The molecular formula is C29H32N2O6S. The molecule has 200 valence electrons. The zero-order valence-corrected chi connectivity index (χ0v) is 22.6. The standard InChI is InChI=1S/C29H32N2O6S/c1-4-35-21-16-12-20(13-17-21)30-26(32)18(3)37-22-14-10-19(11-15-22)27(33)31-28-25(29(34)36-5-2)23-8-6-7-9-24(23)38-28/h10-18H,4-9H2,1-3H3,(H,30,32)(H,31,33). The molecule has 1 unspecified atom stereocenters. The SMILES string of the molecule is CCOC(=O)c1c(NC(=O)c2ccc(OC(C)C(=O)Nc3ccc(OCC)cc3)cc2)sc2c1CCCC2. The number of esters is 1. The first-order valence-electron chi connectivity index (χ1n) is 12.8. The summed E-state index contributed by atoms with van der Waals surface area (Å²) in [5.74, 6) is 0.152. The Labute approximate surface area is 226 Å². The highest BCUT2D eigenvalue weighted by Crippen LogP contribution is 2.38. The van der Waals surface area contributed by atoms with Gasteiger partial charge in [-0.1, -0.05) is 0 Å². The molecule has 4 rings (SSSR count). The predicted molar refractivity (Wildman–Crippen MR) is 148 cm³/mol. The van der Waals surface area contributed by atoms with Gasteiger partial charge >= 0.3 is 5.97 Å². The fraction of sp³-hybridized carbons (Fsp3) is 0.345. The summed E-state index contributed by atoms with van der Waals surface area (Å²) < 4.78 is 16.4. The molecule has 1 aliphatic rings. The van der Waals surface area contributed by atoms with E-state index in [1.807, 2.05) is 6.92 Å². The van der Waals surface area contributed by atoms with Crippen molar-refractivity contribution in [3.8, 4) is 11.5 Å². The van der Waals surface area contributed by atoms with Crippen molar-refractivity contribution >= 4 is 39.8 Å². The summed E-state index contributed by atoms with van der Waals surface area (Å²) >= 11 is 1.45. The van der Waals surface area contributed by atoms with Gasteiger partial charge in [-0.25, -0.2) is 4.79 Å². The summed E-state index contributed by atoms with van der Waals surface area (Å²) in [6.45, 7) is 6.17. The molecule has 0 bridgehead atoms. The van der Waals surface area contributed by atoms with Crippen LogP contribution in [-0.4, -0.2) is 37.1 Å². The first-order valence-corrected chi connectivity index (χ1v) is 13.6. The van der Waals surface area contributed by atoms with Crippen LogP contribution < -0.4 is 20.1 Å². The van der Waals surface area contributed by atoms with E-state index in [9.17, 15) is 14.4 Å². The van der Waals surface area contributed by atoms with Crippen LogP contribution in [0.15, 0.2) is 48.5 Å². The minimum atomic E-state index is -0.758. The number of benzene rings is 2. The summed E-state index contributed by atoms with van der Waals surface area (Å²) in [6, 6.07) is 13.6. The smallest absolute Gasteiger partial charge is 0.341 e. The second-order valence-corrected chi connectivity index (χ2v) is 9.93. The molecule has 1 aliphatic carbocycles.